The van der Waals surface area contributed by atoms with Crippen LogP contribution in [0.4, 0.5) is 20.6 Å². The molecule has 116 valence electrons. The lowest BCUT2D eigenvalue weighted by Crippen LogP contribution is -2.41. The van der Waals surface area contributed by atoms with Crippen molar-refractivity contribution in [2.75, 3.05) is 4.90 Å². The summed E-state index contributed by atoms with van der Waals surface area (Å²) in [5.74, 6) is -0.738. The van der Waals surface area contributed by atoms with Gasteiger partial charge in [0.05, 0.1) is 11.0 Å². The molecule has 0 atom stereocenters. The molecule has 1 aromatic carbocycles. The summed E-state index contributed by atoms with van der Waals surface area (Å²) in [5.41, 5.74) is -1.21. The van der Waals surface area contributed by atoms with Crippen LogP contribution in [0.1, 0.15) is 34.6 Å². The van der Waals surface area contributed by atoms with Gasteiger partial charge in [-0.05, 0) is 46.8 Å². The number of halogens is 1. The van der Waals surface area contributed by atoms with Crippen LogP contribution in [-0.2, 0) is 4.74 Å². The van der Waals surface area contributed by atoms with Crippen molar-refractivity contribution < 1.29 is 18.8 Å². The van der Waals surface area contributed by atoms with Gasteiger partial charge >= 0.3 is 6.09 Å². The van der Waals surface area contributed by atoms with Crippen LogP contribution in [0, 0.1) is 15.9 Å². The Morgan fingerprint density at radius 1 is 1.38 bits per heavy atom. The predicted molar refractivity (Wildman–Crippen MR) is 76.9 cm³/mol. The Balaban J connectivity index is 3.30. The van der Waals surface area contributed by atoms with Crippen molar-refractivity contribution in [3.63, 3.8) is 0 Å². The number of anilines is 1. The smallest absolute Gasteiger partial charge is 0.415 e. The molecule has 0 aromatic heterocycles. The molecule has 7 heteroatoms. The molecule has 0 heterocycles. The zero-order chi connectivity index (χ0) is 16.4. The number of nitro benzene ring substituents is 1. The summed E-state index contributed by atoms with van der Waals surface area (Å²) < 4.78 is 18.5. The zero-order valence-corrected chi connectivity index (χ0v) is 12.7. The molecule has 1 aromatic rings. The fraction of sp³-hybridized carbons (Fsp3) is 0.500. The third-order valence-corrected chi connectivity index (χ3v) is 2.50. The molecule has 0 bridgehead atoms. The van der Waals surface area contributed by atoms with Crippen LogP contribution in [0.2, 0.25) is 0 Å². The van der Waals surface area contributed by atoms with Crippen LogP contribution in [0.25, 0.3) is 0 Å². The van der Waals surface area contributed by atoms with Gasteiger partial charge in [-0.3, -0.25) is 15.0 Å². The molecule has 1 amide bonds. The highest BCUT2D eigenvalue weighted by molar-refractivity contribution is 5.91. The first-order valence-corrected chi connectivity index (χ1v) is 6.49. The second-order valence-electron chi connectivity index (χ2n) is 5.83. The van der Waals surface area contributed by atoms with Gasteiger partial charge < -0.3 is 4.74 Å². The molecule has 0 spiro atoms. The average molecular weight is 298 g/mol. The van der Waals surface area contributed by atoms with E-state index >= 15 is 0 Å². The van der Waals surface area contributed by atoms with Gasteiger partial charge in [-0.2, -0.15) is 0 Å². The largest absolute Gasteiger partial charge is 0.443 e. The normalized spacial score (nSPS) is 11.4. The topological polar surface area (TPSA) is 72.7 Å². The third kappa shape index (κ3) is 4.40. The van der Waals surface area contributed by atoms with E-state index in [2.05, 4.69) is 0 Å². The number of benzene rings is 1. The highest BCUT2D eigenvalue weighted by atomic mass is 19.1. The molecule has 0 saturated carbocycles. The van der Waals surface area contributed by atoms with Crippen LogP contribution in [-0.4, -0.2) is 22.7 Å². The number of rotatable bonds is 3. The summed E-state index contributed by atoms with van der Waals surface area (Å²) in [6.07, 6.45) is -0.716. The second kappa shape index (κ2) is 6.07. The molecule has 0 aliphatic rings. The molecule has 0 aliphatic carbocycles. The van der Waals surface area contributed by atoms with Gasteiger partial charge in [-0.1, -0.05) is 0 Å². The lowest BCUT2D eigenvalue weighted by atomic mass is 10.2. The van der Waals surface area contributed by atoms with E-state index in [9.17, 15) is 19.3 Å². The summed E-state index contributed by atoms with van der Waals surface area (Å²) in [6.45, 7) is 8.47. The molecule has 1 rings (SSSR count). The lowest BCUT2D eigenvalue weighted by Gasteiger charge is -2.29. The number of amides is 1. The molecular weight excluding hydrogens is 279 g/mol. The maximum Gasteiger partial charge on any atom is 0.415 e. The molecule has 0 fully saturated rings. The van der Waals surface area contributed by atoms with Crippen LogP contribution in [0.5, 0.6) is 0 Å². The molecular formula is C14H19FN2O4. The third-order valence-electron chi connectivity index (χ3n) is 2.50. The van der Waals surface area contributed by atoms with E-state index in [-0.39, 0.29) is 11.7 Å². The SMILES string of the molecule is CC(C)N(C(=O)OC(C)(C)C)c1ccc(F)cc1[N+](=O)[O-]. The minimum absolute atomic E-state index is 0.00523. The number of hydrogen-bond acceptors (Lipinski definition) is 4. The minimum atomic E-state index is -0.738. The van der Waals surface area contributed by atoms with Crippen LogP contribution in [0.15, 0.2) is 18.2 Å². The number of carbonyl (C=O) groups excluding carboxylic acids is 1. The van der Waals surface area contributed by atoms with Gasteiger partial charge in [0.2, 0.25) is 0 Å². The Bertz CT molecular complexity index is 552. The summed E-state index contributed by atoms with van der Waals surface area (Å²) >= 11 is 0. The van der Waals surface area contributed by atoms with Crippen molar-refractivity contribution >= 4 is 17.5 Å². The van der Waals surface area contributed by atoms with Crippen LogP contribution >= 0.6 is 0 Å². The number of hydrogen-bond donors (Lipinski definition) is 0. The van der Waals surface area contributed by atoms with Crippen molar-refractivity contribution in [3.8, 4) is 0 Å². The zero-order valence-electron chi connectivity index (χ0n) is 12.7. The summed E-state index contributed by atoms with van der Waals surface area (Å²) in [5, 5.41) is 11.1. The van der Waals surface area contributed by atoms with Crippen molar-refractivity contribution in [2.24, 2.45) is 0 Å². The Kier molecular flexibility index (Phi) is 4.88. The van der Waals surface area contributed by atoms with E-state index in [0.717, 1.165) is 17.0 Å². The summed E-state index contributed by atoms with van der Waals surface area (Å²) in [4.78, 5) is 23.7. The van der Waals surface area contributed by atoms with Gasteiger partial charge in [0.15, 0.2) is 0 Å². The standard InChI is InChI=1S/C14H19FN2O4/c1-9(2)16(13(18)21-14(3,4)5)11-7-6-10(15)8-12(11)17(19)20/h6-9H,1-5H3. The van der Waals surface area contributed by atoms with Gasteiger partial charge in [0.1, 0.15) is 17.1 Å². The highest BCUT2D eigenvalue weighted by Gasteiger charge is 2.30. The number of carbonyl (C=O) groups is 1. The first-order valence-electron chi connectivity index (χ1n) is 6.49. The van der Waals surface area contributed by atoms with Crippen LogP contribution < -0.4 is 4.90 Å². The Hall–Kier alpha value is -2.18. The fourth-order valence-electron chi connectivity index (χ4n) is 1.74. The van der Waals surface area contributed by atoms with Crippen molar-refractivity contribution in [1.29, 1.82) is 0 Å². The molecule has 0 saturated heterocycles. The predicted octanol–water partition coefficient (Wildman–Crippen LogP) is 3.88. The van der Waals surface area contributed by atoms with Gasteiger partial charge in [-0.25, -0.2) is 9.18 Å². The first-order chi connectivity index (χ1) is 9.53. The molecule has 21 heavy (non-hydrogen) atoms. The number of ether oxygens (including phenoxy) is 1. The Morgan fingerprint density at radius 3 is 2.38 bits per heavy atom. The molecule has 0 radical (unpaired) electrons. The maximum absolute atomic E-state index is 13.2. The molecule has 0 aliphatic heterocycles. The monoisotopic (exact) mass is 298 g/mol. The number of nitrogens with zero attached hydrogens (tertiary/aromatic N) is 2. The van der Waals surface area contributed by atoms with E-state index in [1.807, 2.05) is 0 Å². The van der Waals surface area contributed by atoms with Gasteiger partial charge in [0, 0.05) is 6.04 Å². The van der Waals surface area contributed by atoms with E-state index in [0.29, 0.717) is 0 Å². The molecule has 6 nitrogen and oxygen atoms in total. The van der Waals surface area contributed by atoms with E-state index < -0.39 is 28.1 Å². The maximum atomic E-state index is 13.2. The number of nitro groups is 1. The second-order valence-corrected chi connectivity index (χ2v) is 5.83. The van der Waals surface area contributed by atoms with Crippen LogP contribution in [0.3, 0.4) is 0 Å². The van der Waals surface area contributed by atoms with Crippen molar-refractivity contribution in [3.05, 3.63) is 34.1 Å². The Morgan fingerprint density at radius 2 is 1.95 bits per heavy atom. The van der Waals surface area contributed by atoms with E-state index in [1.165, 1.54) is 6.07 Å². The fourth-order valence-corrected chi connectivity index (χ4v) is 1.74. The quantitative estimate of drug-likeness (QED) is 0.627. The Labute approximate surface area is 122 Å². The average Bonchev–Trinajstić information content (AvgIpc) is 2.28. The summed E-state index contributed by atoms with van der Waals surface area (Å²) in [7, 11) is 0. The highest BCUT2D eigenvalue weighted by Crippen LogP contribution is 2.31. The lowest BCUT2D eigenvalue weighted by molar-refractivity contribution is -0.384. The van der Waals surface area contributed by atoms with Crippen molar-refractivity contribution in [2.45, 2.75) is 46.3 Å². The van der Waals surface area contributed by atoms with E-state index in [4.69, 9.17) is 4.74 Å². The van der Waals surface area contributed by atoms with Gasteiger partial charge in [0.25, 0.3) is 5.69 Å². The van der Waals surface area contributed by atoms with E-state index in [1.54, 1.807) is 34.6 Å². The van der Waals surface area contributed by atoms with Gasteiger partial charge in [-0.15, -0.1) is 0 Å². The van der Waals surface area contributed by atoms with Crippen molar-refractivity contribution in [1.82, 2.24) is 0 Å². The first kappa shape index (κ1) is 16.9. The minimum Gasteiger partial charge on any atom is -0.443 e. The molecule has 0 unspecified atom stereocenters. The summed E-state index contributed by atoms with van der Waals surface area (Å²) in [6, 6.07) is 2.68. The molecule has 0 N–H and O–H groups in total.